The van der Waals surface area contributed by atoms with Gasteiger partial charge in [-0.25, -0.2) is 0 Å². The maximum absolute atomic E-state index is 5.55. The van der Waals surface area contributed by atoms with Gasteiger partial charge in [-0.1, -0.05) is 51.1 Å². The molecule has 2 aromatic rings. The molecular formula is C17H19BrO. The summed E-state index contributed by atoms with van der Waals surface area (Å²) in [6, 6.07) is 14.7. The number of ether oxygens (including phenoxy) is 1. The molecule has 0 saturated carbocycles. The first kappa shape index (κ1) is 14.1. The van der Waals surface area contributed by atoms with Gasteiger partial charge in [-0.05, 0) is 44.6 Å². The maximum Gasteiger partial charge on any atom is 0.136 e. The molecule has 2 aromatic carbocycles. The summed E-state index contributed by atoms with van der Waals surface area (Å²) >= 11 is 3.62. The van der Waals surface area contributed by atoms with E-state index in [9.17, 15) is 0 Å². The van der Waals surface area contributed by atoms with E-state index in [1.54, 1.807) is 7.11 Å². The summed E-state index contributed by atoms with van der Waals surface area (Å²) in [5.74, 6) is 0.923. The molecular weight excluding hydrogens is 300 g/mol. The molecule has 0 aliphatic heterocycles. The van der Waals surface area contributed by atoms with Crippen LogP contribution >= 0.6 is 15.9 Å². The van der Waals surface area contributed by atoms with E-state index in [0.29, 0.717) is 0 Å². The van der Waals surface area contributed by atoms with Gasteiger partial charge >= 0.3 is 0 Å². The minimum absolute atomic E-state index is 0.0403. The van der Waals surface area contributed by atoms with Crippen LogP contribution in [-0.2, 0) is 5.41 Å². The monoisotopic (exact) mass is 318 g/mol. The molecule has 0 spiro atoms. The van der Waals surface area contributed by atoms with Crippen LogP contribution in [0.3, 0.4) is 0 Å². The third-order valence-electron chi connectivity index (χ3n) is 3.16. The predicted octanol–water partition coefficient (Wildman–Crippen LogP) is 5.42. The number of methoxy groups -OCH3 is 1. The molecule has 0 N–H and O–H groups in total. The third-order valence-corrected chi connectivity index (χ3v) is 3.75. The van der Waals surface area contributed by atoms with E-state index < -0.39 is 0 Å². The van der Waals surface area contributed by atoms with Gasteiger partial charge in [0.2, 0.25) is 0 Å². The highest BCUT2D eigenvalue weighted by atomic mass is 79.9. The van der Waals surface area contributed by atoms with Crippen LogP contribution in [0, 0.1) is 0 Å². The Morgan fingerprint density at radius 3 is 2.11 bits per heavy atom. The molecule has 2 heteroatoms. The van der Waals surface area contributed by atoms with Crippen molar-refractivity contribution in [3.8, 4) is 16.9 Å². The van der Waals surface area contributed by atoms with E-state index in [2.05, 4.69) is 73.1 Å². The van der Waals surface area contributed by atoms with Crippen molar-refractivity contribution in [2.24, 2.45) is 0 Å². The fraction of sp³-hybridized carbons (Fsp3) is 0.294. The van der Waals surface area contributed by atoms with E-state index in [4.69, 9.17) is 4.74 Å². The molecule has 0 fully saturated rings. The van der Waals surface area contributed by atoms with Crippen LogP contribution < -0.4 is 4.74 Å². The van der Waals surface area contributed by atoms with Gasteiger partial charge < -0.3 is 4.74 Å². The van der Waals surface area contributed by atoms with E-state index in [1.807, 2.05) is 6.07 Å². The second-order valence-corrected chi connectivity index (χ2v) is 6.51. The molecule has 0 heterocycles. The Hall–Kier alpha value is -1.28. The largest absolute Gasteiger partial charge is 0.495 e. The summed E-state index contributed by atoms with van der Waals surface area (Å²) in [5.41, 5.74) is 3.68. The highest BCUT2D eigenvalue weighted by molar-refractivity contribution is 9.10. The number of benzene rings is 2. The van der Waals surface area contributed by atoms with Crippen molar-refractivity contribution in [3.63, 3.8) is 0 Å². The Kier molecular flexibility index (Phi) is 4.00. The number of hydrogen-bond acceptors (Lipinski definition) is 1. The van der Waals surface area contributed by atoms with Crippen molar-refractivity contribution in [2.45, 2.75) is 26.2 Å². The summed E-state index contributed by atoms with van der Waals surface area (Å²) < 4.78 is 6.55. The summed E-state index contributed by atoms with van der Waals surface area (Å²) in [6.45, 7) is 6.60. The van der Waals surface area contributed by atoms with Crippen molar-refractivity contribution >= 4 is 15.9 Å². The van der Waals surface area contributed by atoms with Crippen LogP contribution in [0.15, 0.2) is 46.9 Å². The molecule has 100 valence electrons. The van der Waals surface area contributed by atoms with E-state index in [0.717, 1.165) is 10.2 Å². The predicted molar refractivity (Wildman–Crippen MR) is 84.8 cm³/mol. The quantitative estimate of drug-likeness (QED) is 0.718. The van der Waals surface area contributed by atoms with Gasteiger partial charge in [-0.15, -0.1) is 0 Å². The van der Waals surface area contributed by atoms with Crippen molar-refractivity contribution in [3.05, 3.63) is 52.5 Å². The lowest BCUT2D eigenvalue weighted by Gasteiger charge is -2.24. The smallest absolute Gasteiger partial charge is 0.136 e. The van der Waals surface area contributed by atoms with Crippen molar-refractivity contribution < 1.29 is 4.74 Å². The highest BCUT2D eigenvalue weighted by Crippen LogP contribution is 2.40. The first-order valence-electron chi connectivity index (χ1n) is 6.37. The van der Waals surface area contributed by atoms with Crippen LogP contribution in [0.4, 0.5) is 0 Å². The normalized spacial score (nSPS) is 11.4. The van der Waals surface area contributed by atoms with Crippen LogP contribution in [0.1, 0.15) is 26.3 Å². The molecule has 1 nitrogen and oxygen atoms in total. The number of halogens is 1. The van der Waals surface area contributed by atoms with Gasteiger partial charge in [0.25, 0.3) is 0 Å². The first-order valence-corrected chi connectivity index (χ1v) is 7.16. The summed E-state index contributed by atoms with van der Waals surface area (Å²) in [7, 11) is 1.72. The van der Waals surface area contributed by atoms with Crippen LogP contribution in [0.5, 0.6) is 5.75 Å². The zero-order chi connectivity index (χ0) is 14.0. The van der Waals surface area contributed by atoms with Gasteiger partial charge in [-0.3, -0.25) is 0 Å². The average Bonchev–Trinajstić information content (AvgIpc) is 2.37. The van der Waals surface area contributed by atoms with Crippen LogP contribution in [0.2, 0.25) is 0 Å². The van der Waals surface area contributed by atoms with Gasteiger partial charge in [0.1, 0.15) is 5.75 Å². The second-order valence-electron chi connectivity index (χ2n) is 5.65. The van der Waals surface area contributed by atoms with E-state index in [1.165, 1.54) is 16.7 Å². The standard InChI is InChI=1S/C17H19BrO/c1-17(2,3)14-10-13(11-15(18)16(14)19-4)12-8-6-5-7-9-12/h5-11H,1-4H3. The first-order chi connectivity index (χ1) is 8.93. The average molecular weight is 319 g/mol. The molecule has 0 aromatic heterocycles. The number of hydrogen-bond donors (Lipinski definition) is 0. The maximum atomic E-state index is 5.55. The highest BCUT2D eigenvalue weighted by Gasteiger charge is 2.21. The minimum Gasteiger partial charge on any atom is -0.495 e. The second kappa shape index (κ2) is 5.38. The Bertz CT molecular complexity index is 568. The Morgan fingerprint density at radius 1 is 0.947 bits per heavy atom. The third kappa shape index (κ3) is 3.01. The Morgan fingerprint density at radius 2 is 1.58 bits per heavy atom. The van der Waals surface area contributed by atoms with Gasteiger partial charge in [-0.2, -0.15) is 0 Å². The van der Waals surface area contributed by atoms with Gasteiger partial charge in [0.05, 0.1) is 11.6 Å². The topological polar surface area (TPSA) is 9.23 Å². The molecule has 0 radical (unpaired) electrons. The minimum atomic E-state index is 0.0403. The molecule has 0 aliphatic rings. The molecule has 0 atom stereocenters. The molecule has 0 unspecified atom stereocenters. The summed E-state index contributed by atoms with van der Waals surface area (Å²) in [4.78, 5) is 0. The van der Waals surface area contributed by atoms with Crippen molar-refractivity contribution in [1.29, 1.82) is 0 Å². The number of rotatable bonds is 2. The lowest BCUT2D eigenvalue weighted by atomic mass is 9.84. The van der Waals surface area contributed by atoms with Gasteiger partial charge in [0, 0.05) is 5.56 Å². The van der Waals surface area contributed by atoms with Crippen molar-refractivity contribution in [1.82, 2.24) is 0 Å². The lowest BCUT2D eigenvalue weighted by molar-refractivity contribution is 0.395. The van der Waals surface area contributed by atoms with Crippen LogP contribution in [-0.4, -0.2) is 7.11 Å². The van der Waals surface area contributed by atoms with Gasteiger partial charge in [0.15, 0.2) is 0 Å². The van der Waals surface area contributed by atoms with E-state index >= 15 is 0 Å². The summed E-state index contributed by atoms with van der Waals surface area (Å²) in [5, 5.41) is 0. The molecule has 0 aliphatic carbocycles. The fourth-order valence-electron chi connectivity index (χ4n) is 2.16. The Balaban J connectivity index is 2.64. The molecule has 19 heavy (non-hydrogen) atoms. The van der Waals surface area contributed by atoms with E-state index in [-0.39, 0.29) is 5.41 Å². The molecule has 0 saturated heterocycles. The lowest BCUT2D eigenvalue weighted by Crippen LogP contribution is -2.13. The SMILES string of the molecule is COc1c(Br)cc(-c2ccccc2)cc1C(C)(C)C. The zero-order valence-corrected chi connectivity index (χ0v) is 13.4. The molecule has 0 amide bonds. The van der Waals surface area contributed by atoms with Crippen molar-refractivity contribution in [2.75, 3.05) is 7.11 Å². The molecule has 0 bridgehead atoms. The fourth-order valence-corrected chi connectivity index (χ4v) is 2.78. The summed E-state index contributed by atoms with van der Waals surface area (Å²) in [6.07, 6.45) is 0. The molecule has 2 rings (SSSR count). The van der Waals surface area contributed by atoms with Crippen LogP contribution in [0.25, 0.3) is 11.1 Å². The zero-order valence-electron chi connectivity index (χ0n) is 11.8. The Labute approximate surface area is 123 Å².